The molecule has 0 radical (unpaired) electrons. The summed E-state index contributed by atoms with van der Waals surface area (Å²) in [6.45, 7) is 10.9. The van der Waals surface area contributed by atoms with Crippen molar-refractivity contribution in [2.75, 3.05) is 0 Å². The standard InChI is InChI=1S/C24H26N2P/c1-5-25-21-13-9-7-11-19(21)17(3)15-23(25)27-24-16-18(4)20-12-8-10-14-22(20)26(24)6-2/h7-16H,5-6H2,1-4H3/q+1. The summed E-state index contributed by atoms with van der Waals surface area (Å²) in [5, 5.41) is 4.04. The molecule has 0 aliphatic rings. The lowest BCUT2D eigenvalue weighted by Crippen LogP contribution is -2.46. The summed E-state index contributed by atoms with van der Waals surface area (Å²) >= 11 is 0. The van der Waals surface area contributed by atoms with Gasteiger partial charge in [0, 0.05) is 43.2 Å². The molecule has 4 aromatic rings. The second kappa shape index (κ2) is 7.29. The van der Waals surface area contributed by atoms with E-state index in [1.54, 1.807) is 0 Å². The van der Waals surface area contributed by atoms with Gasteiger partial charge in [0.15, 0.2) is 0 Å². The molecule has 0 aliphatic carbocycles. The van der Waals surface area contributed by atoms with E-state index in [1.807, 2.05) is 0 Å². The Morgan fingerprint density at radius 2 is 1.52 bits per heavy atom. The molecule has 0 fully saturated rings. The Morgan fingerprint density at radius 3 is 2.26 bits per heavy atom. The summed E-state index contributed by atoms with van der Waals surface area (Å²) in [5.41, 5.74) is 6.69. The van der Waals surface area contributed by atoms with Crippen LogP contribution in [-0.2, 0) is 13.1 Å². The predicted molar refractivity (Wildman–Crippen MR) is 117 cm³/mol. The summed E-state index contributed by atoms with van der Waals surface area (Å²) in [4.78, 5) is 0. The van der Waals surface area contributed by atoms with Crippen molar-refractivity contribution < 1.29 is 4.57 Å². The third-order valence-electron chi connectivity index (χ3n) is 5.35. The molecule has 136 valence electrons. The Labute approximate surface area is 162 Å². The van der Waals surface area contributed by atoms with Gasteiger partial charge in [-0.25, -0.2) is 0 Å². The van der Waals surface area contributed by atoms with Gasteiger partial charge < -0.3 is 4.57 Å². The SMILES string of the molecule is CCn1c(=Pc2cc(C)c3ccccc3[n+]2CC)cc(C)c2ccccc21. The molecule has 27 heavy (non-hydrogen) atoms. The minimum absolute atomic E-state index is 0.974. The highest BCUT2D eigenvalue weighted by molar-refractivity contribution is 7.38. The minimum atomic E-state index is 0.974. The van der Waals surface area contributed by atoms with Crippen LogP contribution in [0.5, 0.6) is 0 Å². The number of hydrogen-bond donors (Lipinski definition) is 0. The topological polar surface area (TPSA) is 8.81 Å². The van der Waals surface area contributed by atoms with E-state index in [0.29, 0.717) is 0 Å². The van der Waals surface area contributed by atoms with E-state index in [1.165, 1.54) is 51.6 Å². The third-order valence-corrected chi connectivity index (χ3v) is 6.54. The van der Waals surface area contributed by atoms with Gasteiger partial charge in [-0.05, 0) is 57.0 Å². The first-order valence-corrected chi connectivity index (χ1v) is 10.6. The van der Waals surface area contributed by atoms with Crippen LogP contribution in [0.15, 0.2) is 60.7 Å². The van der Waals surface area contributed by atoms with Crippen molar-refractivity contribution in [3.05, 3.63) is 76.9 Å². The quantitative estimate of drug-likeness (QED) is 0.329. The van der Waals surface area contributed by atoms with Crippen molar-refractivity contribution in [1.29, 1.82) is 0 Å². The van der Waals surface area contributed by atoms with Crippen LogP contribution < -0.4 is 10.0 Å². The molecule has 0 saturated carbocycles. The van der Waals surface area contributed by atoms with Crippen LogP contribution >= 0.6 is 8.20 Å². The molecule has 0 N–H and O–H groups in total. The number of nitrogens with zero attached hydrogens (tertiary/aromatic N) is 2. The number of benzene rings is 2. The lowest BCUT2D eigenvalue weighted by Gasteiger charge is -2.12. The van der Waals surface area contributed by atoms with Gasteiger partial charge in [0.2, 0.25) is 11.0 Å². The normalized spacial score (nSPS) is 12.2. The maximum atomic E-state index is 2.45. The number of aromatic nitrogens is 2. The van der Waals surface area contributed by atoms with Crippen LogP contribution in [0.1, 0.15) is 25.0 Å². The second-order valence-electron chi connectivity index (χ2n) is 7.01. The number of aryl methyl sites for hydroxylation is 4. The maximum absolute atomic E-state index is 2.45. The highest BCUT2D eigenvalue weighted by Crippen LogP contribution is 2.22. The van der Waals surface area contributed by atoms with Crippen molar-refractivity contribution in [3.63, 3.8) is 0 Å². The monoisotopic (exact) mass is 373 g/mol. The average molecular weight is 373 g/mol. The predicted octanol–water partition coefficient (Wildman–Crippen LogP) is 5.54. The van der Waals surface area contributed by atoms with E-state index in [-0.39, 0.29) is 0 Å². The molecule has 0 spiro atoms. The van der Waals surface area contributed by atoms with E-state index in [2.05, 4.69) is 97.5 Å². The summed E-state index contributed by atoms with van der Waals surface area (Å²) in [6, 6.07) is 22.2. The van der Waals surface area contributed by atoms with Crippen molar-refractivity contribution in [3.8, 4) is 0 Å². The summed E-state index contributed by atoms with van der Waals surface area (Å²) in [5.74, 6) is 0. The molecule has 0 unspecified atom stereocenters. The van der Waals surface area contributed by atoms with E-state index >= 15 is 0 Å². The van der Waals surface area contributed by atoms with Gasteiger partial charge in [0.05, 0.1) is 5.07 Å². The molecule has 3 heteroatoms. The van der Waals surface area contributed by atoms with E-state index in [4.69, 9.17) is 0 Å². The Hall–Kier alpha value is -2.44. The number of rotatable bonds is 3. The second-order valence-corrected chi connectivity index (χ2v) is 8.15. The van der Waals surface area contributed by atoms with Gasteiger partial charge in [-0.1, -0.05) is 30.3 Å². The fraction of sp³-hybridized carbons (Fsp3) is 0.250. The first kappa shape index (κ1) is 17.9. The number of hydrogen-bond acceptors (Lipinski definition) is 0. The third kappa shape index (κ3) is 3.09. The minimum Gasteiger partial charge on any atom is -0.337 e. The van der Waals surface area contributed by atoms with Crippen LogP contribution in [0.3, 0.4) is 0 Å². The Bertz CT molecular complexity index is 1220. The lowest BCUT2D eigenvalue weighted by atomic mass is 10.1. The maximum Gasteiger partial charge on any atom is 0.233 e. The molecular formula is C24H26N2P+. The molecule has 2 aromatic carbocycles. The van der Waals surface area contributed by atoms with Crippen LogP contribution in [0, 0.1) is 18.9 Å². The van der Waals surface area contributed by atoms with Crippen molar-refractivity contribution in [2.45, 2.75) is 40.8 Å². The van der Waals surface area contributed by atoms with Crippen molar-refractivity contribution in [2.24, 2.45) is 0 Å². The van der Waals surface area contributed by atoms with Crippen molar-refractivity contribution in [1.82, 2.24) is 4.57 Å². The first-order chi connectivity index (χ1) is 13.1. The first-order valence-electron chi connectivity index (χ1n) is 9.70. The molecule has 2 aromatic heterocycles. The zero-order valence-corrected chi connectivity index (χ0v) is 17.4. The smallest absolute Gasteiger partial charge is 0.233 e. The Morgan fingerprint density at radius 1 is 0.852 bits per heavy atom. The van der Waals surface area contributed by atoms with E-state index in [9.17, 15) is 0 Å². The largest absolute Gasteiger partial charge is 0.337 e. The zero-order chi connectivity index (χ0) is 19.0. The highest BCUT2D eigenvalue weighted by Gasteiger charge is 2.15. The number of pyridine rings is 2. The molecule has 0 aliphatic heterocycles. The van der Waals surface area contributed by atoms with Gasteiger partial charge in [-0.15, -0.1) is 0 Å². The molecule has 4 rings (SSSR count). The summed E-state index contributed by atoms with van der Waals surface area (Å²) in [6.07, 6.45) is 0. The fourth-order valence-electron chi connectivity index (χ4n) is 4.00. The lowest BCUT2D eigenvalue weighted by molar-refractivity contribution is -0.649. The van der Waals surface area contributed by atoms with Gasteiger partial charge in [-0.2, -0.15) is 4.57 Å². The van der Waals surface area contributed by atoms with E-state index in [0.717, 1.165) is 13.1 Å². The molecule has 0 saturated heterocycles. The van der Waals surface area contributed by atoms with Crippen LogP contribution in [0.4, 0.5) is 0 Å². The van der Waals surface area contributed by atoms with Gasteiger partial charge in [0.1, 0.15) is 6.54 Å². The van der Waals surface area contributed by atoms with Crippen LogP contribution in [0.2, 0.25) is 0 Å². The zero-order valence-electron chi connectivity index (χ0n) is 16.5. The van der Waals surface area contributed by atoms with Gasteiger partial charge in [-0.3, -0.25) is 0 Å². The summed E-state index contributed by atoms with van der Waals surface area (Å²) < 4.78 is 4.91. The molecule has 0 bridgehead atoms. The van der Waals surface area contributed by atoms with Crippen LogP contribution in [-0.4, -0.2) is 4.57 Å². The molecule has 2 heterocycles. The van der Waals surface area contributed by atoms with Crippen molar-refractivity contribution >= 4 is 35.4 Å². The Kier molecular flexibility index (Phi) is 4.85. The average Bonchev–Trinajstić information content (AvgIpc) is 2.69. The number of para-hydroxylation sites is 2. The van der Waals surface area contributed by atoms with E-state index < -0.39 is 0 Å². The Balaban J connectivity index is 2.08. The van der Waals surface area contributed by atoms with Gasteiger partial charge >= 0.3 is 0 Å². The summed E-state index contributed by atoms with van der Waals surface area (Å²) in [7, 11) is 1.25. The highest BCUT2D eigenvalue weighted by atomic mass is 31.1. The molecule has 0 atom stereocenters. The fourth-order valence-corrected chi connectivity index (χ4v) is 5.49. The van der Waals surface area contributed by atoms with Crippen LogP contribution in [0.25, 0.3) is 21.8 Å². The number of fused-ring (bicyclic) bond motifs is 2. The van der Waals surface area contributed by atoms with Gasteiger partial charge in [0.25, 0.3) is 0 Å². The molecule has 2 nitrogen and oxygen atoms in total. The molecule has 0 amide bonds. The molecular weight excluding hydrogens is 347 g/mol.